The molecule has 0 aliphatic heterocycles. The van der Waals surface area contributed by atoms with Crippen LogP contribution in [0.25, 0.3) is 10.8 Å². The summed E-state index contributed by atoms with van der Waals surface area (Å²) in [6.45, 7) is 0. The van der Waals surface area contributed by atoms with Crippen LogP contribution in [0.5, 0.6) is 0 Å². The molecule has 4 aromatic rings. The minimum absolute atomic E-state index is 0.521. The van der Waals surface area contributed by atoms with Crippen molar-refractivity contribution >= 4 is 28.0 Å². The Hall–Kier alpha value is -3.79. The van der Waals surface area contributed by atoms with E-state index in [0.29, 0.717) is 5.84 Å². The third kappa shape index (κ3) is 4.25. The molecule has 0 saturated carbocycles. The summed E-state index contributed by atoms with van der Waals surface area (Å²) >= 11 is 0. The first kappa shape index (κ1) is 16.7. The molecule has 0 spiro atoms. The second-order valence-electron chi connectivity index (χ2n) is 6.01. The zero-order chi connectivity index (χ0) is 18.3. The Kier molecular flexibility index (Phi) is 4.97. The minimum atomic E-state index is 0.521. The van der Waals surface area contributed by atoms with Gasteiger partial charge in [0.25, 0.3) is 0 Å². The number of fused-ring (bicyclic) bond motifs is 1. The quantitative estimate of drug-likeness (QED) is 0.197. The summed E-state index contributed by atoms with van der Waals surface area (Å²) in [4.78, 5) is 0. The van der Waals surface area contributed by atoms with Crippen molar-refractivity contribution in [1.82, 2.24) is 0 Å². The highest BCUT2D eigenvalue weighted by Crippen LogP contribution is 2.19. The fourth-order valence-corrected chi connectivity index (χ4v) is 2.71. The third-order valence-corrected chi connectivity index (χ3v) is 4.09. The Bertz CT molecular complexity index is 1090. The van der Waals surface area contributed by atoms with Gasteiger partial charge in [0, 0.05) is 5.56 Å². The van der Waals surface area contributed by atoms with E-state index in [1.54, 1.807) is 0 Å². The Labute approximate surface area is 157 Å². The molecule has 4 aromatic carbocycles. The Morgan fingerprint density at radius 3 is 2.07 bits per heavy atom. The van der Waals surface area contributed by atoms with Crippen LogP contribution in [0.15, 0.2) is 118 Å². The van der Waals surface area contributed by atoms with Crippen molar-refractivity contribution in [2.24, 2.45) is 15.3 Å². The smallest absolute Gasteiger partial charge is 0.201 e. The Morgan fingerprint density at radius 1 is 0.630 bits per heavy atom. The van der Waals surface area contributed by atoms with Crippen molar-refractivity contribution in [3.63, 3.8) is 0 Å². The molecule has 0 fully saturated rings. The molecule has 0 aliphatic rings. The van der Waals surface area contributed by atoms with Crippen LogP contribution >= 0.6 is 0 Å². The molecular weight excluding hydrogens is 332 g/mol. The molecule has 0 aromatic heterocycles. The second-order valence-corrected chi connectivity index (χ2v) is 6.01. The fourth-order valence-electron chi connectivity index (χ4n) is 2.71. The number of rotatable bonds is 4. The van der Waals surface area contributed by atoms with E-state index in [1.807, 2.05) is 78.9 Å². The normalized spacial score (nSPS) is 11.8. The van der Waals surface area contributed by atoms with Crippen LogP contribution in [0.4, 0.5) is 11.4 Å². The summed E-state index contributed by atoms with van der Waals surface area (Å²) < 4.78 is 0. The largest absolute Gasteiger partial charge is 0.276 e. The van der Waals surface area contributed by atoms with Gasteiger partial charge in [0.2, 0.25) is 5.84 Å². The lowest BCUT2D eigenvalue weighted by molar-refractivity contribution is 1.22. The van der Waals surface area contributed by atoms with Gasteiger partial charge in [-0.2, -0.15) is 5.10 Å². The van der Waals surface area contributed by atoms with Gasteiger partial charge in [0.05, 0.1) is 11.4 Å². The van der Waals surface area contributed by atoms with Gasteiger partial charge in [-0.1, -0.05) is 78.9 Å². The summed E-state index contributed by atoms with van der Waals surface area (Å²) in [6.07, 6.45) is 0. The van der Waals surface area contributed by atoms with E-state index in [9.17, 15) is 0 Å². The molecule has 130 valence electrons. The summed E-state index contributed by atoms with van der Waals surface area (Å²) in [7, 11) is 0. The number of hydrogen-bond donors (Lipinski definition) is 1. The number of nitrogens with one attached hydrogen (secondary N) is 1. The van der Waals surface area contributed by atoms with E-state index in [4.69, 9.17) is 0 Å². The molecule has 0 radical (unpaired) electrons. The lowest BCUT2D eigenvalue weighted by Gasteiger charge is -2.05. The molecule has 0 bridgehead atoms. The third-order valence-electron chi connectivity index (χ3n) is 4.09. The molecule has 0 unspecified atom stereocenters. The van der Waals surface area contributed by atoms with Crippen LogP contribution < -0.4 is 5.43 Å². The van der Waals surface area contributed by atoms with E-state index < -0.39 is 0 Å². The lowest BCUT2D eigenvalue weighted by Crippen LogP contribution is -2.01. The zero-order valence-electron chi connectivity index (χ0n) is 14.7. The van der Waals surface area contributed by atoms with Crippen molar-refractivity contribution in [3.8, 4) is 0 Å². The fraction of sp³-hybridized carbons (Fsp3) is 0. The predicted octanol–water partition coefficient (Wildman–Crippen LogP) is 6.40. The molecule has 4 heteroatoms. The van der Waals surface area contributed by atoms with Crippen LogP contribution in [-0.2, 0) is 0 Å². The highest BCUT2D eigenvalue weighted by Gasteiger charge is 2.03. The van der Waals surface area contributed by atoms with Crippen molar-refractivity contribution in [1.29, 1.82) is 0 Å². The maximum Gasteiger partial charge on any atom is 0.201 e. The summed E-state index contributed by atoms with van der Waals surface area (Å²) in [5.74, 6) is 0.521. The highest BCUT2D eigenvalue weighted by molar-refractivity contribution is 5.99. The van der Waals surface area contributed by atoms with Crippen LogP contribution in [0.1, 0.15) is 5.56 Å². The SMILES string of the molecule is c1ccc(N=N/C(=N\Nc2ccc3ccccc3c2)c2ccccc2)cc1. The molecule has 0 aliphatic carbocycles. The number of nitrogens with zero attached hydrogens (tertiary/aromatic N) is 3. The van der Waals surface area contributed by atoms with Gasteiger partial charge in [-0.3, -0.25) is 5.43 Å². The first-order valence-electron chi connectivity index (χ1n) is 8.73. The summed E-state index contributed by atoms with van der Waals surface area (Å²) in [5, 5.41) is 15.5. The van der Waals surface area contributed by atoms with Gasteiger partial charge in [-0.05, 0) is 35.0 Å². The summed E-state index contributed by atoms with van der Waals surface area (Å²) in [6, 6.07) is 33.8. The molecule has 0 amide bonds. The maximum atomic E-state index is 4.49. The van der Waals surface area contributed by atoms with Crippen molar-refractivity contribution in [2.75, 3.05) is 5.43 Å². The standard InChI is InChI=1S/C23H18N4/c1-3-10-19(11-4-1)23(26-24-21-13-5-2-6-14-21)27-25-22-16-15-18-9-7-8-12-20(18)17-22/h1-17,25H/b26-24?,27-23-. The predicted molar refractivity (Wildman–Crippen MR) is 112 cm³/mol. The molecule has 4 rings (SSSR count). The van der Waals surface area contributed by atoms with Crippen LogP contribution in [0, 0.1) is 0 Å². The molecule has 0 heterocycles. The van der Waals surface area contributed by atoms with Crippen molar-refractivity contribution < 1.29 is 0 Å². The molecule has 1 N–H and O–H groups in total. The van der Waals surface area contributed by atoms with E-state index in [2.05, 4.69) is 45.0 Å². The molecular formula is C23H18N4. The van der Waals surface area contributed by atoms with E-state index in [-0.39, 0.29) is 0 Å². The van der Waals surface area contributed by atoms with E-state index in [1.165, 1.54) is 5.39 Å². The van der Waals surface area contributed by atoms with Gasteiger partial charge in [-0.25, -0.2) is 0 Å². The van der Waals surface area contributed by atoms with Crippen LogP contribution in [-0.4, -0.2) is 5.84 Å². The molecule has 4 nitrogen and oxygen atoms in total. The van der Waals surface area contributed by atoms with Gasteiger partial charge in [0.1, 0.15) is 0 Å². The van der Waals surface area contributed by atoms with Crippen LogP contribution in [0.2, 0.25) is 0 Å². The number of azo groups is 1. The summed E-state index contributed by atoms with van der Waals surface area (Å²) in [5.41, 5.74) is 5.68. The van der Waals surface area contributed by atoms with Crippen LogP contribution in [0.3, 0.4) is 0 Å². The maximum absolute atomic E-state index is 4.49. The second kappa shape index (κ2) is 8.06. The van der Waals surface area contributed by atoms with Gasteiger partial charge in [-0.15, -0.1) is 10.2 Å². The zero-order valence-corrected chi connectivity index (χ0v) is 14.7. The molecule has 27 heavy (non-hydrogen) atoms. The molecule has 0 atom stereocenters. The van der Waals surface area contributed by atoms with E-state index in [0.717, 1.165) is 22.3 Å². The Morgan fingerprint density at radius 2 is 1.30 bits per heavy atom. The van der Waals surface area contributed by atoms with Crippen molar-refractivity contribution in [3.05, 3.63) is 109 Å². The van der Waals surface area contributed by atoms with Gasteiger partial charge in [0.15, 0.2) is 0 Å². The monoisotopic (exact) mass is 350 g/mol. The van der Waals surface area contributed by atoms with E-state index >= 15 is 0 Å². The van der Waals surface area contributed by atoms with Gasteiger partial charge >= 0.3 is 0 Å². The van der Waals surface area contributed by atoms with Gasteiger partial charge < -0.3 is 0 Å². The lowest BCUT2D eigenvalue weighted by atomic mass is 10.1. The Balaban J connectivity index is 1.63. The highest BCUT2D eigenvalue weighted by atomic mass is 15.3. The van der Waals surface area contributed by atoms with Crippen molar-refractivity contribution in [2.45, 2.75) is 0 Å². The number of hydrazone groups is 1. The number of amidine groups is 1. The first-order chi connectivity index (χ1) is 13.4. The average molecular weight is 350 g/mol. The number of hydrogen-bond acceptors (Lipinski definition) is 3. The minimum Gasteiger partial charge on any atom is -0.276 e. The number of benzene rings is 4. The number of anilines is 1. The molecule has 0 saturated heterocycles. The topological polar surface area (TPSA) is 49.1 Å². The first-order valence-corrected chi connectivity index (χ1v) is 8.73. The average Bonchev–Trinajstić information content (AvgIpc) is 2.75.